The van der Waals surface area contributed by atoms with Crippen molar-refractivity contribution < 1.29 is 18.0 Å². The summed E-state index contributed by atoms with van der Waals surface area (Å²) < 4.78 is 36.5. The highest BCUT2D eigenvalue weighted by atomic mass is 19.4. The van der Waals surface area contributed by atoms with E-state index >= 15 is 0 Å². The highest BCUT2D eigenvalue weighted by molar-refractivity contribution is 5.84. The van der Waals surface area contributed by atoms with Gasteiger partial charge in [-0.25, -0.2) is 0 Å². The van der Waals surface area contributed by atoms with Crippen molar-refractivity contribution in [3.05, 3.63) is 0 Å². The van der Waals surface area contributed by atoms with Crippen LogP contribution in [0.3, 0.4) is 0 Å². The molecule has 0 radical (unpaired) electrons. The Morgan fingerprint density at radius 2 is 2.00 bits per heavy atom. The minimum Gasteiger partial charge on any atom is -0.317 e. The number of hydrogen-bond acceptors (Lipinski definition) is 2. The molecule has 0 spiro atoms. The van der Waals surface area contributed by atoms with Crippen LogP contribution in [-0.2, 0) is 4.79 Å². The van der Waals surface area contributed by atoms with Gasteiger partial charge in [-0.15, -0.1) is 0 Å². The number of nitrogens with one attached hydrogen (secondary N) is 1. The van der Waals surface area contributed by atoms with Crippen LogP contribution in [0.25, 0.3) is 0 Å². The zero-order valence-corrected chi connectivity index (χ0v) is 8.93. The van der Waals surface area contributed by atoms with E-state index in [1.165, 1.54) is 0 Å². The molecule has 6 heteroatoms. The maximum atomic E-state index is 12.2. The molecule has 1 heterocycles. The lowest BCUT2D eigenvalue weighted by atomic mass is 10.1. The minimum absolute atomic E-state index is 0.00168. The fourth-order valence-electron chi connectivity index (χ4n) is 1.68. The van der Waals surface area contributed by atoms with E-state index in [-0.39, 0.29) is 5.92 Å². The largest absolute Gasteiger partial charge is 0.406 e. The number of nitrogens with zero attached hydrogens (tertiary/aromatic N) is 1. The Morgan fingerprint density at radius 3 is 2.33 bits per heavy atom. The molecule has 0 aromatic rings. The van der Waals surface area contributed by atoms with Crippen LogP contribution in [0, 0.1) is 5.92 Å². The zero-order chi connectivity index (χ0) is 11.8. The lowest BCUT2D eigenvalue weighted by Gasteiger charge is -2.22. The number of carbonyl (C=O) groups is 1. The third-order valence-corrected chi connectivity index (χ3v) is 2.45. The van der Waals surface area contributed by atoms with Gasteiger partial charge in [0.2, 0.25) is 5.91 Å². The Hall–Kier alpha value is -0.780. The standard InChI is InChI=1S/C9H15F3N2O/c1-5(2)7-8(15)14(6(3)13-7)4-9(10,11)12/h5-7,13H,4H2,1-3H3. The van der Waals surface area contributed by atoms with Gasteiger partial charge >= 0.3 is 6.18 Å². The first-order valence-corrected chi connectivity index (χ1v) is 4.85. The van der Waals surface area contributed by atoms with Crippen LogP contribution in [0.15, 0.2) is 0 Å². The van der Waals surface area contributed by atoms with Gasteiger partial charge in [0.05, 0.1) is 12.2 Å². The third kappa shape index (κ3) is 2.84. The van der Waals surface area contributed by atoms with E-state index in [9.17, 15) is 18.0 Å². The van der Waals surface area contributed by atoms with Crippen molar-refractivity contribution in [2.75, 3.05) is 6.54 Å². The molecular weight excluding hydrogens is 209 g/mol. The molecule has 0 aromatic carbocycles. The number of alkyl halides is 3. The quantitative estimate of drug-likeness (QED) is 0.768. The van der Waals surface area contributed by atoms with Crippen LogP contribution in [0.2, 0.25) is 0 Å². The molecule has 1 N–H and O–H groups in total. The summed E-state index contributed by atoms with van der Waals surface area (Å²) in [6.07, 6.45) is -4.89. The number of carbonyl (C=O) groups excluding carboxylic acids is 1. The molecule has 88 valence electrons. The summed E-state index contributed by atoms with van der Waals surface area (Å²) in [5.41, 5.74) is 0. The minimum atomic E-state index is -4.34. The summed E-state index contributed by atoms with van der Waals surface area (Å²) in [7, 11) is 0. The molecule has 2 atom stereocenters. The Morgan fingerprint density at radius 1 is 1.47 bits per heavy atom. The van der Waals surface area contributed by atoms with Crippen LogP contribution in [-0.4, -0.2) is 35.7 Å². The van der Waals surface area contributed by atoms with E-state index in [2.05, 4.69) is 5.32 Å². The molecule has 1 amide bonds. The SMILES string of the molecule is CC(C)C1NC(C)N(CC(F)(F)F)C1=O. The lowest BCUT2D eigenvalue weighted by molar-refractivity contribution is -0.161. The van der Waals surface area contributed by atoms with E-state index in [0.717, 1.165) is 4.90 Å². The first kappa shape index (κ1) is 12.3. The van der Waals surface area contributed by atoms with Crippen molar-refractivity contribution in [3.8, 4) is 0 Å². The Bertz CT molecular complexity index is 252. The number of halogens is 3. The van der Waals surface area contributed by atoms with Gasteiger partial charge < -0.3 is 4.90 Å². The highest BCUT2D eigenvalue weighted by Crippen LogP contribution is 2.23. The van der Waals surface area contributed by atoms with Gasteiger partial charge in [-0.3, -0.25) is 10.1 Å². The average molecular weight is 224 g/mol. The van der Waals surface area contributed by atoms with Crippen molar-refractivity contribution >= 4 is 5.91 Å². The summed E-state index contributed by atoms with van der Waals surface area (Å²) >= 11 is 0. The van der Waals surface area contributed by atoms with Gasteiger partial charge in [-0.1, -0.05) is 13.8 Å². The van der Waals surface area contributed by atoms with E-state index in [1.54, 1.807) is 20.8 Å². The van der Waals surface area contributed by atoms with Crippen LogP contribution < -0.4 is 5.32 Å². The van der Waals surface area contributed by atoms with Gasteiger partial charge in [-0.05, 0) is 12.8 Å². The van der Waals surface area contributed by atoms with Gasteiger partial charge in [0.1, 0.15) is 6.54 Å². The topological polar surface area (TPSA) is 32.3 Å². The highest BCUT2D eigenvalue weighted by Gasteiger charge is 2.43. The first-order chi connectivity index (χ1) is 6.72. The van der Waals surface area contributed by atoms with Crippen molar-refractivity contribution in [1.29, 1.82) is 0 Å². The molecule has 1 rings (SSSR count). The second kappa shape index (κ2) is 4.00. The summed E-state index contributed by atoms with van der Waals surface area (Å²) in [5.74, 6) is -0.465. The van der Waals surface area contributed by atoms with Crippen LogP contribution in [0.5, 0.6) is 0 Å². The summed E-state index contributed by atoms with van der Waals surface area (Å²) in [5, 5.41) is 2.85. The van der Waals surface area contributed by atoms with Crippen molar-refractivity contribution in [3.63, 3.8) is 0 Å². The van der Waals surface area contributed by atoms with Crippen molar-refractivity contribution in [2.24, 2.45) is 5.92 Å². The fraction of sp³-hybridized carbons (Fsp3) is 0.889. The van der Waals surface area contributed by atoms with Crippen LogP contribution in [0.4, 0.5) is 13.2 Å². The molecule has 1 saturated heterocycles. The van der Waals surface area contributed by atoms with E-state index in [0.29, 0.717) is 0 Å². The summed E-state index contributed by atoms with van der Waals surface area (Å²) in [4.78, 5) is 12.4. The number of amides is 1. The molecule has 3 nitrogen and oxygen atoms in total. The van der Waals surface area contributed by atoms with Gasteiger partial charge in [0.15, 0.2) is 0 Å². The Balaban J connectivity index is 2.71. The second-order valence-corrected chi connectivity index (χ2v) is 4.15. The third-order valence-electron chi connectivity index (χ3n) is 2.45. The van der Waals surface area contributed by atoms with Crippen molar-refractivity contribution in [1.82, 2.24) is 10.2 Å². The zero-order valence-electron chi connectivity index (χ0n) is 8.93. The summed E-state index contributed by atoms with van der Waals surface area (Å²) in [6, 6.07) is -0.498. The maximum Gasteiger partial charge on any atom is 0.406 e. The Labute approximate surface area is 86.6 Å². The molecular formula is C9H15F3N2O. The van der Waals surface area contributed by atoms with E-state index in [4.69, 9.17) is 0 Å². The molecule has 0 saturated carbocycles. The molecule has 1 fully saturated rings. The molecule has 1 aliphatic heterocycles. The molecule has 0 aliphatic carbocycles. The van der Waals surface area contributed by atoms with Crippen molar-refractivity contribution in [2.45, 2.75) is 39.2 Å². The number of hydrogen-bond donors (Lipinski definition) is 1. The first-order valence-electron chi connectivity index (χ1n) is 4.85. The predicted octanol–water partition coefficient (Wildman–Crippen LogP) is 1.35. The Kier molecular flexibility index (Phi) is 3.28. The normalized spacial score (nSPS) is 27.9. The molecule has 0 bridgehead atoms. The maximum absolute atomic E-state index is 12.2. The van der Waals surface area contributed by atoms with Crippen LogP contribution >= 0.6 is 0 Å². The van der Waals surface area contributed by atoms with Crippen LogP contribution in [0.1, 0.15) is 20.8 Å². The van der Waals surface area contributed by atoms with E-state index in [1.807, 2.05) is 0 Å². The van der Waals surface area contributed by atoms with Gasteiger partial charge in [0.25, 0.3) is 0 Å². The van der Waals surface area contributed by atoms with Gasteiger partial charge in [-0.2, -0.15) is 13.2 Å². The smallest absolute Gasteiger partial charge is 0.317 e. The number of rotatable bonds is 2. The second-order valence-electron chi connectivity index (χ2n) is 4.15. The lowest BCUT2D eigenvalue weighted by Crippen LogP contribution is -2.41. The molecule has 2 unspecified atom stereocenters. The molecule has 15 heavy (non-hydrogen) atoms. The predicted molar refractivity (Wildman–Crippen MR) is 49.0 cm³/mol. The molecule has 0 aromatic heterocycles. The fourth-order valence-corrected chi connectivity index (χ4v) is 1.68. The van der Waals surface area contributed by atoms with Gasteiger partial charge in [0, 0.05) is 0 Å². The average Bonchev–Trinajstić information content (AvgIpc) is 2.29. The molecule has 1 aliphatic rings. The summed E-state index contributed by atoms with van der Waals surface area (Å²) in [6.45, 7) is 3.99. The monoisotopic (exact) mass is 224 g/mol. The van der Waals surface area contributed by atoms with E-state index < -0.39 is 30.8 Å².